The van der Waals surface area contributed by atoms with Gasteiger partial charge in [0.1, 0.15) is 0 Å². The molecule has 9 aromatic carbocycles. The third-order valence-corrected chi connectivity index (χ3v) is 16.8. The van der Waals surface area contributed by atoms with Crippen molar-refractivity contribution in [2.45, 2.75) is 23.7 Å². The van der Waals surface area contributed by atoms with Gasteiger partial charge < -0.3 is 0 Å². The van der Waals surface area contributed by atoms with E-state index in [2.05, 4.69) is 231 Å². The lowest BCUT2D eigenvalue weighted by Crippen LogP contribution is -2.44. The summed E-state index contributed by atoms with van der Waals surface area (Å²) in [5, 5.41) is 2.70. The van der Waals surface area contributed by atoms with Crippen molar-refractivity contribution in [1.29, 1.82) is 0 Å². The highest BCUT2D eigenvalue weighted by molar-refractivity contribution is 7.26. The fourth-order valence-corrected chi connectivity index (χ4v) is 14.2. The van der Waals surface area contributed by atoms with Crippen LogP contribution in [-0.2, 0) is 10.8 Å². The molecule has 2 aromatic heterocycles. The standard InChI is InChI=1S/C66H42N2S/c1-3-18-42(19-4-1)57-40-58(43-20-5-2-6-21-43)68-64(67-57)44-36-34-41(35-37-44)45-25-17-26-49-61-56(38-39-60-62(61)48-24-9-16-33-59(48)69-60)66(63(45)49)54-31-14-12-29-52(54)65(53-30-13-15-32-55(53)66)50-27-10-7-22-46(50)47-23-8-11-28-51(47)65/h1-14,16-31,33-40H,15,32H2. The molecular weight excluding hydrogens is 853 g/mol. The summed E-state index contributed by atoms with van der Waals surface area (Å²) in [6, 6.07) is 81.1. The highest BCUT2D eigenvalue weighted by atomic mass is 32.1. The molecule has 4 aliphatic rings. The largest absolute Gasteiger partial charge is 0.228 e. The van der Waals surface area contributed by atoms with Crippen molar-refractivity contribution in [3.63, 3.8) is 0 Å². The van der Waals surface area contributed by atoms with Crippen molar-refractivity contribution in [2.24, 2.45) is 0 Å². The van der Waals surface area contributed by atoms with Gasteiger partial charge in [-0.05, 0) is 109 Å². The van der Waals surface area contributed by atoms with E-state index >= 15 is 0 Å². The van der Waals surface area contributed by atoms with E-state index in [1.165, 1.54) is 98.1 Å². The minimum Gasteiger partial charge on any atom is -0.228 e. The molecule has 0 bridgehead atoms. The van der Waals surface area contributed by atoms with Crippen molar-refractivity contribution < 1.29 is 0 Å². The lowest BCUT2D eigenvalue weighted by atomic mass is 9.50. The molecule has 4 aliphatic carbocycles. The van der Waals surface area contributed by atoms with Gasteiger partial charge in [0.25, 0.3) is 0 Å². The van der Waals surface area contributed by atoms with Crippen LogP contribution in [0.4, 0.5) is 0 Å². The number of allylic oxidation sites excluding steroid dienone is 4. The zero-order chi connectivity index (χ0) is 45.3. The number of aromatic nitrogens is 2. The molecule has 0 N–H and O–H groups in total. The van der Waals surface area contributed by atoms with Crippen molar-refractivity contribution in [3.8, 4) is 67.3 Å². The van der Waals surface area contributed by atoms with E-state index in [9.17, 15) is 0 Å². The monoisotopic (exact) mass is 894 g/mol. The van der Waals surface area contributed by atoms with Gasteiger partial charge in [-0.2, -0.15) is 0 Å². The Labute approximate surface area is 405 Å². The molecule has 0 saturated carbocycles. The molecule has 3 heteroatoms. The zero-order valence-electron chi connectivity index (χ0n) is 37.7. The summed E-state index contributed by atoms with van der Waals surface area (Å²) in [5.41, 5.74) is 22.9. The summed E-state index contributed by atoms with van der Waals surface area (Å²) in [6.45, 7) is 0. The van der Waals surface area contributed by atoms with Crippen molar-refractivity contribution in [3.05, 3.63) is 275 Å². The van der Waals surface area contributed by atoms with Crippen LogP contribution in [0.1, 0.15) is 46.2 Å². The molecule has 322 valence electrons. The average Bonchev–Trinajstić information content (AvgIpc) is 4.06. The van der Waals surface area contributed by atoms with Gasteiger partial charge in [-0.3, -0.25) is 0 Å². The molecule has 1 atom stereocenters. The van der Waals surface area contributed by atoms with Crippen LogP contribution in [0.15, 0.2) is 242 Å². The number of benzene rings is 9. The van der Waals surface area contributed by atoms with Crippen molar-refractivity contribution in [2.75, 3.05) is 0 Å². The first kappa shape index (κ1) is 38.8. The SMILES string of the molecule is C1=CC2=C(CC1)C1(c3ccccc3C23c2ccccc2-c2ccccc23)c2ccc3sc4ccccc4c3c2-c2cccc(-c3ccc(-c4nc(-c5ccccc5)cc(-c5ccccc5)n4)cc3)c21. The predicted molar refractivity (Wildman–Crippen MR) is 286 cm³/mol. The van der Waals surface area contributed by atoms with E-state index in [1.54, 1.807) is 0 Å². The Bertz CT molecular complexity index is 3900. The summed E-state index contributed by atoms with van der Waals surface area (Å²) < 4.78 is 2.66. The number of hydrogen-bond donors (Lipinski definition) is 0. The first-order valence-corrected chi connectivity index (χ1v) is 24.9. The first-order valence-electron chi connectivity index (χ1n) is 24.1. The van der Waals surface area contributed by atoms with E-state index in [0.29, 0.717) is 5.82 Å². The van der Waals surface area contributed by atoms with Crippen molar-refractivity contribution >= 4 is 31.5 Å². The first-order chi connectivity index (χ1) is 34.2. The second-order valence-electron chi connectivity index (χ2n) is 18.9. The molecule has 2 spiro atoms. The maximum atomic E-state index is 5.22. The van der Waals surface area contributed by atoms with Crippen LogP contribution in [0.3, 0.4) is 0 Å². The maximum absolute atomic E-state index is 5.22. The third-order valence-electron chi connectivity index (χ3n) is 15.7. The van der Waals surface area contributed by atoms with Gasteiger partial charge in [0.2, 0.25) is 0 Å². The molecule has 2 heterocycles. The molecule has 0 fully saturated rings. The highest BCUT2D eigenvalue weighted by Gasteiger charge is 2.60. The normalized spacial score (nSPS) is 16.6. The van der Waals surface area contributed by atoms with Crippen LogP contribution in [0.25, 0.3) is 87.5 Å². The Morgan fingerprint density at radius 2 is 0.971 bits per heavy atom. The van der Waals surface area contributed by atoms with E-state index in [1.807, 2.05) is 11.3 Å². The Morgan fingerprint density at radius 1 is 0.406 bits per heavy atom. The number of nitrogens with zero attached hydrogens (tertiary/aromatic N) is 2. The minimum absolute atomic E-state index is 0.465. The summed E-state index contributed by atoms with van der Waals surface area (Å²) >= 11 is 1.91. The van der Waals surface area contributed by atoms with Gasteiger partial charge in [-0.15, -0.1) is 11.3 Å². The number of thiophene rings is 1. The van der Waals surface area contributed by atoms with E-state index in [0.717, 1.165) is 40.9 Å². The van der Waals surface area contributed by atoms with Crippen LogP contribution in [0.5, 0.6) is 0 Å². The summed E-state index contributed by atoms with van der Waals surface area (Å²) in [7, 11) is 0. The van der Waals surface area contributed by atoms with Crippen LogP contribution >= 0.6 is 11.3 Å². The maximum Gasteiger partial charge on any atom is 0.160 e. The fraction of sp³-hybridized carbons (Fsp3) is 0.0606. The van der Waals surface area contributed by atoms with Crippen LogP contribution in [-0.4, -0.2) is 9.97 Å². The quantitative estimate of drug-likeness (QED) is 0.176. The number of hydrogen-bond acceptors (Lipinski definition) is 3. The van der Waals surface area contributed by atoms with Gasteiger partial charge in [0.15, 0.2) is 5.82 Å². The van der Waals surface area contributed by atoms with Crippen LogP contribution in [0.2, 0.25) is 0 Å². The molecule has 0 saturated heterocycles. The Hall–Kier alpha value is -8.24. The topological polar surface area (TPSA) is 25.8 Å². The summed E-state index contributed by atoms with van der Waals surface area (Å²) in [5.74, 6) is 0.711. The molecule has 0 amide bonds. The second-order valence-corrected chi connectivity index (χ2v) is 20.0. The molecule has 15 rings (SSSR count). The van der Waals surface area contributed by atoms with Crippen LogP contribution < -0.4 is 0 Å². The van der Waals surface area contributed by atoms with Gasteiger partial charge in [0.05, 0.1) is 22.2 Å². The summed E-state index contributed by atoms with van der Waals surface area (Å²) in [4.78, 5) is 10.4. The molecule has 1 unspecified atom stereocenters. The van der Waals surface area contributed by atoms with Crippen LogP contribution in [0, 0.1) is 0 Å². The smallest absolute Gasteiger partial charge is 0.160 e. The lowest BCUT2D eigenvalue weighted by Gasteiger charge is -2.51. The number of rotatable bonds is 4. The molecule has 11 aromatic rings. The van der Waals surface area contributed by atoms with E-state index in [4.69, 9.17) is 9.97 Å². The Kier molecular flexibility index (Phi) is 8.23. The molecule has 2 nitrogen and oxygen atoms in total. The van der Waals surface area contributed by atoms with E-state index < -0.39 is 10.8 Å². The van der Waals surface area contributed by atoms with Gasteiger partial charge >= 0.3 is 0 Å². The molecular formula is C66H42N2S. The minimum atomic E-state index is -0.566. The van der Waals surface area contributed by atoms with Gasteiger partial charge in [0, 0.05) is 36.9 Å². The third kappa shape index (κ3) is 5.20. The molecule has 0 radical (unpaired) electrons. The fourth-order valence-electron chi connectivity index (χ4n) is 13.1. The number of fused-ring (bicyclic) bond motifs is 19. The predicted octanol–water partition coefficient (Wildman–Crippen LogP) is 16.8. The Morgan fingerprint density at radius 3 is 1.67 bits per heavy atom. The van der Waals surface area contributed by atoms with Gasteiger partial charge in [-0.25, -0.2) is 9.97 Å². The highest BCUT2D eigenvalue weighted by Crippen LogP contribution is 2.70. The average molecular weight is 895 g/mol. The Balaban J connectivity index is 1.02. The molecule has 0 aliphatic heterocycles. The van der Waals surface area contributed by atoms with Crippen molar-refractivity contribution in [1.82, 2.24) is 9.97 Å². The second kappa shape index (κ2) is 14.6. The van der Waals surface area contributed by atoms with E-state index in [-0.39, 0.29) is 0 Å². The summed E-state index contributed by atoms with van der Waals surface area (Å²) in [6.07, 6.45) is 6.91. The zero-order valence-corrected chi connectivity index (χ0v) is 38.5. The van der Waals surface area contributed by atoms with Gasteiger partial charge in [-0.1, -0.05) is 212 Å². The molecule has 69 heavy (non-hydrogen) atoms. The lowest BCUT2D eigenvalue weighted by molar-refractivity contribution is 0.591.